The predicted molar refractivity (Wildman–Crippen MR) is 132 cm³/mol. The molecular formula is C27H30O7. The fourth-order valence-corrected chi connectivity index (χ4v) is 3.78. The second kappa shape index (κ2) is 10.7. The summed E-state index contributed by atoms with van der Waals surface area (Å²) < 4.78 is 38.6. The van der Waals surface area contributed by atoms with E-state index < -0.39 is 0 Å². The van der Waals surface area contributed by atoms with Gasteiger partial charge in [-0.05, 0) is 58.7 Å². The summed E-state index contributed by atoms with van der Waals surface area (Å²) in [5.41, 5.74) is 4.17. The van der Waals surface area contributed by atoms with Crippen molar-refractivity contribution in [3.63, 3.8) is 0 Å². The predicted octanol–water partition coefficient (Wildman–Crippen LogP) is 5.48. The fourth-order valence-electron chi connectivity index (χ4n) is 3.78. The van der Waals surface area contributed by atoms with Crippen molar-refractivity contribution in [2.24, 2.45) is 0 Å². The third kappa shape index (κ3) is 4.55. The zero-order valence-corrected chi connectivity index (χ0v) is 20.6. The Kier molecular flexibility index (Phi) is 7.79. The summed E-state index contributed by atoms with van der Waals surface area (Å²) in [6.45, 7) is 4.32. The van der Waals surface area contributed by atoms with E-state index in [-0.39, 0.29) is 0 Å². The summed E-state index contributed by atoms with van der Waals surface area (Å²) in [5.74, 6) is 3.93. The minimum Gasteiger partial charge on any atom is -0.496 e. The van der Waals surface area contributed by atoms with Gasteiger partial charge in [-0.25, -0.2) is 0 Å². The molecule has 3 aromatic carbocycles. The second-order valence-electron chi connectivity index (χ2n) is 7.22. The molecule has 0 fully saturated rings. The molecule has 0 radical (unpaired) electrons. The Hall–Kier alpha value is -4.00. The molecule has 3 rings (SSSR count). The van der Waals surface area contributed by atoms with Crippen LogP contribution >= 0.6 is 0 Å². The van der Waals surface area contributed by atoms with Crippen molar-refractivity contribution in [2.75, 3.05) is 49.8 Å². The maximum Gasteiger partial charge on any atom is 0.203 e. The highest BCUT2D eigenvalue weighted by Crippen LogP contribution is 2.45. The Labute approximate surface area is 200 Å². The molecule has 3 aromatic rings. The number of hydrogen-bond donors (Lipinski definition) is 0. The lowest BCUT2D eigenvalue weighted by atomic mass is 9.94. The molecule has 0 aliphatic carbocycles. The molecule has 0 aromatic heterocycles. The van der Waals surface area contributed by atoms with Crippen LogP contribution in [0.4, 0.5) is 0 Å². The highest BCUT2D eigenvalue weighted by molar-refractivity contribution is 5.85. The van der Waals surface area contributed by atoms with Crippen LogP contribution in [0.15, 0.2) is 49.0 Å². The monoisotopic (exact) mass is 466 g/mol. The van der Waals surface area contributed by atoms with Crippen molar-refractivity contribution in [3.05, 3.63) is 60.2 Å². The summed E-state index contributed by atoms with van der Waals surface area (Å²) in [6.07, 6.45) is 0. The lowest BCUT2D eigenvalue weighted by Crippen LogP contribution is -1.98. The topological polar surface area (TPSA) is 64.6 Å². The average Bonchev–Trinajstić information content (AvgIpc) is 2.90. The molecule has 0 amide bonds. The lowest BCUT2D eigenvalue weighted by Gasteiger charge is -2.18. The number of benzene rings is 3. The summed E-state index contributed by atoms with van der Waals surface area (Å²) in [4.78, 5) is 0. The quantitative estimate of drug-likeness (QED) is 0.392. The Balaban J connectivity index is 2.15. The van der Waals surface area contributed by atoms with E-state index in [0.29, 0.717) is 40.2 Å². The normalized spacial score (nSPS) is 10.3. The SMILES string of the molecule is C=C(c1cc(OC)c(OC)c(OC)c1)c1ccc(OC)c(-c2cc(OC)c(OC)c(OC)c2)c1. The molecule has 0 bridgehead atoms. The van der Waals surface area contributed by atoms with Crippen molar-refractivity contribution >= 4 is 5.57 Å². The molecule has 0 aliphatic heterocycles. The number of rotatable bonds is 10. The van der Waals surface area contributed by atoms with Gasteiger partial charge in [0.1, 0.15) is 5.75 Å². The van der Waals surface area contributed by atoms with Crippen LogP contribution in [0.25, 0.3) is 16.7 Å². The van der Waals surface area contributed by atoms with E-state index in [1.165, 1.54) is 0 Å². The Bertz CT molecular complexity index is 1130. The summed E-state index contributed by atoms with van der Waals surface area (Å²) in [5, 5.41) is 0. The van der Waals surface area contributed by atoms with Crippen LogP contribution in [0.5, 0.6) is 40.2 Å². The molecule has 0 atom stereocenters. The van der Waals surface area contributed by atoms with E-state index in [1.807, 2.05) is 42.5 Å². The van der Waals surface area contributed by atoms with Gasteiger partial charge in [0.2, 0.25) is 11.5 Å². The Morgan fingerprint density at radius 2 is 0.941 bits per heavy atom. The summed E-state index contributed by atoms with van der Waals surface area (Å²) >= 11 is 0. The van der Waals surface area contributed by atoms with Crippen LogP contribution in [-0.4, -0.2) is 49.8 Å². The van der Waals surface area contributed by atoms with E-state index in [9.17, 15) is 0 Å². The molecule has 7 heteroatoms. The van der Waals surface area contributed by atoms with E-state index in [2.05, 4.69) is 6.58 Å². The van der Waals surface area contributed by atoms with Crippen LogP contribution in [0, 0.1) is 0 Å². The zero-order chi connectivity index (χ0) is 24.8. The van der Waals surface area contributed by atoms with Crippen molar-refractivity contribution in [1.29, 1.82) is 0 Å². The minimum atomic E-state index is 0.519. The third-order valence-corrected chi connectivity index (χ3v) is 5.54. The van der Waals surface area contributed by atoms with Crippen LogP contribution in [0.3, 0.4) is 0 Å². The first kappa shape index (κ1) is 24.6. The van der Waals surface area contributed by atoms with E-state index in [1.54, 1.807) is 49.8 Å². The first-order chi connectivity index (χ1) is 16.5. The maximum absolute atomic E-state index is 5.65. The molecule has 0 unspecified atom stereocenters. The highest BCUT2D eigenvalue weighted by atomic mass is 16.5. The van der Waals surface area contributed by atoms with Gasteiger partial charge in [0.15, 0.2) is 23.0 Å². The first-order valence-corrected chi connectivity index (χ1v) is 10.4. The highest BCUT2D eigenvalue weighted by Gasteiger charge is 2.19. The van der Waals surface area contributed by atoms with Gasteiger partial charge in [-0.1, -0.05) is 12.6 Å². The van der Waals surface area contributed by atoms with Gasteiger partial charge >= 0.3 is 0 Å². The minimum absolute atomic E-state index is 0.519. The van der Waals surface area contributed by atoms with E-state index >= 15 is 0 Å². The lowest BCUT2D eigenvalue weighted by molar-refractivity contribution is 0.324. The molecule has 0 saturated carbocycles. The van der Waals surface area contributed by atoms with Crippen molar-refractivity contribution in [1.82, 2.24) is 0 Å². The van der Waals surface area contributed by atoms with Gasteiger partial charge in [0.25, 0.3) is 0 Å². The van der Waals surface area contributed by atoms with Crippen molar-refractivity contribution in [2.45, 2.75) is 0 Å². The van der Waals surface area contributed by atoms with Crippen molar-refractivity contribution in [3.8, 4) is 51.4 Å². The molecule has 0 aliphatic rings. The van der Waals surface area contributed by atoms with Crippen LogP contribution in [0.1, 0.15) is 11.1 Å². The van der Waals surface area contributed by atoms with Gasteiger partial charge in [0.05, 0.1) is 49.8 Å². The molecule has 180 valence electrons. The zero-order valence-electron chi connectivity index (χ0n) is 20.6. The largest absolute Gasteiger partial charge is 0.496 e. The smallest absolute Gasteiger partial charge is 0.203 e. The average molecular weight is 467 g/mol. The van der Waals surface area contributed by atoms with Gasteiger partial charge in [-0.15, -0.1) is 0 Å². The third-order valence-electron chi connectivity index (χ3n) is 5.54. The van der Waals surface area contributed by atoms with Gasteiger partial charge < -0.3 is 33.2 Å². The first-order valence-electron chi connectivity index (χ1n) is 10.4. The number of hydrogen-bond acceptors (Lipinski definition) is 7. The molecular weight excluding hydrogens is 436 g/mol. The van der Waals surface area contributed by atoms with Gasteiger partial charge in [0, 0.05) is 5.56 Å². The van der Waals surface area contributed by atoms with Crippen LogP contribution in [0.2, 0.25) is 0 Å². The van der Waals surface area contributed by atoms with Gasteiger partial charge in [-0.3, -0.25) is 0 Å². The second-order valence-corrected chi connectivity index (χ2v) is 7.22. The molecule has 0 heterocycles. The number of ether oxygens (including phenoxy) is 7. The molecule has 0 saturated heterocycles. The van der Waals surface area contributed by atoms with Crippen LogP contribution < -0.4 is 33.2 Å². The molecule has 7 nitrogen and oxygen atoms in total. The molecule has 34 heavy (non-hydrogen) atoms. The van der Waals surface area contributed by atoms with Gasteiger partial charge in [-0.2, -0.15) is 0 Å². The van der Waals surface area contributed by atoms with Crippen LogP contribution in [-0.2, 0) is 0 Å². The van der Waals surface area contributed by atoms with E-state index in [0.717, 1.165) is 27.8 Å². The maximum atomic E-state index is 5.65. The molecule has 0 N–H and O–H groups in total. The summed E-state index contributed by atoms with van der Waals surface area (Å²) in [6, 6.07) is 13.4. The van der Waals surface area contributed by atoms with E-state index in [4.69, 9.17) is 33.2 Å². The number of methoxy groups -OCH3 is 7. The Morgan fingerprint density at radius 3 is 1.35 bits per heavy atom. The summed E-state index contributed by atoms with van der Waals surface area (Å²) in [7, 11) is 11.1. The molecule has 0 spiro atoms. The van der Waals surface area contributed by atoms with Crippen molar-refractivity contribution < 1.29 is 33.2 Å². The Morgan fingerprint density at radius 1 is 0.500 bits per heavy atom. The fraction of sp³-hybridized carbons (Fsp3) is 0.259. The standard InChI is InChI=1S/C27H30O7/c1-16(18-12-22(29-3)26(33-7)23(13-18)30-4)17-9-10-21(28-2)20(11-17)19-14-24(31-5)27(34-8)25(15-19)32-6/h9-15H,1H2,2-8H3.